The predicted molar refractivity (Wildman–Crippen MR) is 130 cm³/mol. The minimum absolute atomic E-state index is 0. The molecule has 0 saturated carbocycles. The van der Waals surface area contributed by atoms with Crippen molar-refractivity contribution in [2.75, 3.05) is 24.5 Å². The van der Waals surface area contributed by atoms with E-state index in [1.54, 1.807) is 6.20 Å². The molecule has 29 heavy (non-hydrogen) atoms. The maximum Gasteiger partial charge on any atom is 0.191 e. The summed E-state index contributed by atoms with van der Waals surface area (Å²) in [5, 5.41) is 7.58. The fourth-order valence-corrected chi connectivity index (χ4v) is 3.64. The second kappa shape index (κ2) is 11.6. The van der Waals surface area contributed by atoms with Crippen LogP contribution >= 0.6 is 35.6 Å². The van der Waals surface area contributed by atoms with Crippen molar-refractivity contribution in [3.63, 3.8) is 0 Å². The molecule has 2 aromatic heterocycles. The lowest BCUT2D eigenvalue weighted by Gasteiger charge is -2.20. The molecule has 2 N–H and O–H groups in total. The van der Waals surface area contributed by atoms with Crippen molar-refractivity contribution < 1.29 is 0 Å². The minimum Gasteiger partial charge on any atom is -0.357 e. The molecule has 0 radical (unpaired) electrons. The maximum atomic E-state index is 6.30. The fraction of sp³-hybridized carbons (Fsp3) is 0.550. The van der Waals surface area contributed by atoms with Crippen molar-refractivity contribution in [3.8, 4) is 0 Å². The maximum absolute atomic E-state index is 6.30. The van der Waals surface area contributed by atoms with Gasteiger partial charge in [-0.05, 0) is 31.4 Å². The number of guanidine groups is 1. The number of hydrogen-bond acceptors (Lipinski definition) is 4. The first kappa shape index (κ1) is 23.7. The molecule has 160 valence electrons. The summed E-state index contributed by atoms with van der Waals surface area (Å²) in [4.78, 5) is 15.9. The highest BCUT2D eigenvalue weighted by atomic mass is 127. The second-order valence-electron chi connectivity index (χ2n) is 7.47. The number of hydrogen-bond donors (Lipinski definition) is 2. The van der Waals surface area contributed by atoms with Crippen LogP contribution in [0.3, 0.4) is 0 Å². The summed E-state index contributed by atoms with van der Waals surface area (Å²) < 4.78 is 2.18. The molecule has 0 aliphatic carbocycles. The first-order valence-corrected chi connectivity index (χ1v) is 10.3. The lowest BCUT2D eigenvalue weighted by Crippen LogP contribution is -2.44. The van der Waals surface area contributed by atoms with Crippen LogP contribution in [0.1, 0.15) is 33.0 Å². The Balaban J connectivity index is 0.00000300. The first-order valence-electron chi connectivity index (χ1n) is 9.97. The van der Waals surface area contributed by atoms with E-state index in [2.05, 4.69) is 50.8 Å². The summed E-state index contributed by atoms with van der Waals surface area (Å²) >= 11 is 6.30. The topological polar surface area (TPSA) is 70.4 Å². The fourth-order valence-electron chi connectivity index (χ4n) is 3.39. The van der Waals surface area contributed by atoms with Crippen molar-refractivity contribution in [1.82, 2.24) is 25.2 Å². The number of aliphatic imine (C=N–C) groups is 1. The Bertz CT molecular complexity index is 793. The molecule has 1 saturated heterocycles. The monoisotopic (exact) mass is 531 g/mol. The van der Waals surface area contributed by atoms with Crippen LogP contribution in [0.2, 0.25) is 5.02 Å². The number of anilines is 1. The molecule has 0 bridgehead atoms. The van der Waals surface area contributed by atoms with Crippen LogP contribution in [0.15, 0.2) is 35.7 Å². The summed E-state index contributed by atoms with van der Waals surface area (Å²) in [6, 6.07) is 4.04. The highest BCUT2D eigenvalue weighted by molar-refractivity contribution is 14.0. The van der Waals surface area contributed by atoms with Crippen LogP contribution in [0, 0.1) is 5.92 Å². The summed E-state index contributed by atoms with van der Waals surface area (Å²) in [5.41, 5.74) is 0. The van der Waals surface area contributed by atoms with Crippen LogP contribution in [0.5, 0.6) is 0 Å². The van der Waals surface area contributed by atoms with Crippen LogP contribution in [0.25, 0.3) is 0 Å². The third-order valence-electron chi connectivity index (χ3n) is 4.65. The van der Waals surface area contributed by atoms with E-state index in [1.165, 1.54) is 0 Å². The number of nitrogens with one attached hydrogen (secondary N) is 2. The Hall–Kier alpha value is -1.55. The quantitative estimate of drug-likeness (QED) is 0.325. The lowest BCUT2D eigenvalue weighted by molar-refractivity contribution is 0.507. The van der Waals surface area contributed by atoms with Crippen LogP contribution in [-0.2, 0) is 13.1 Å². The Morgan fingerprint density at radius 3 is 2.90 bits per heavy atom. The van der Waals surface area contributed by atoms with E-state index in [9.17, 15) is 0 Å². The van der Waals surface area contributed by atoms with Crippen molar-refractivity contribution >= 4 is 47.4 Å². The van der Waals surface area contributed by atoms with Crippen LogP contribution in [0.4, 0.5) is 5.82 Å². The third-order valence-corrected chi connectivity index (χ3v) is 4.95. The number of rotatable bonds is 7. The molecule has 0 amide bonds. The van der Waals surface area contributed by atoms with Gasteiger partial charge in [-0.2, -0.15) is 0 Å². The van der Waals surface area contributed by atoms with Crippen LogP contribution < -0.4 is 15.5 Å². The molecule has 1 aliphatic rings. The standard InChI is InChI=1S/C20H30ClN7.HI/c1-4-22-20(25-12-18-23-9-11-27(18)13-15(2)3)26-16-7-10-28(14-16)19-17(21)6-5-8-24-19;/h5-6,8-9,11,15-16H,4,7,10,12-14H2,1-3H3,(H2,22,25,26);1H. The number of nitrogens with zero attached hydrogens (tertiary/aromatic N) is 5. The molecule has 7 nitrogen and oxygen atoms in total. The van der Waals surface area contributed by atoms with Gasteiger partial charge in [0.1, 0.15) is 18.2 Å². The first-order chi connectivity index (χ1) is 13.6. The van der Waals surface area contributed by atoms with Crippen molar-refractivity contribution in [3.05, 3.63) is 41.6 Å². The van der Waals surface area contributed by atoms with Gasteiger partial charge in [-0.3, -0.25) is 0 Å². The summed E-state index contributed by atoms with van der Waals surface area (Å²) in [6.45, 7) is 10.6. The zero-order valence-electron chi connectivity index (χ0n) is 17.3. The zero-order chi connectivity index (χ0) is 19.9. The van der Waals surface area contributed by atoms with Gasteiger partial charge in [0.15, 0.2) is 5.96 Å². The zero-order valence-corrected chi connectivity index (χ0v) is 20.4. The van der Waals surface area contributed by atoms with Crippen molar-refractivity contribution in [2.45, 2.75) is 46.3 Å². The van der Waals surface area contributed by atoms with Gasteiger partial charge < -0.3 is 20.1 Å². The smallest absolute Gasteiger partial charge is 0.191 e. The molecular formula is C20H31ClIN7. The average Bonchev–Trinajstić information content (AvgIpc) is 3.29. The van der Waals surface area contributed by atoms with E-state index in [0.717, 1.165) is 50.2 Å². The summed E-state index contributed by atoms with van der Waals surface area (Å²) in [6.07, 6.45) is 6.67. The van der Waals surface area contributed by atoms with Gasteiger partial charge in [0.25, 0.3) is 0 Å². The van der Waals surface area contributed by atoms with E-state index in [-0.39, 0.29) is 24.0 Å². The van der Waals surface area contributed by atoms with Crippen molar-refractivity contribution in [2.24, 2.45) is 10.9 Å². The van der Waals surface area contributed by atoms with E-state index < -0.39 is 0 Å². The van der Waals surface area contributed by atoms with Crippen LogP contribution in [-0.4, -0.2) is 46.2 Å². The molecule has 1 fully saturated rings. The third kappa shape index (κ3) is 6.74. The minimum atomic E-state index is 0. The SMILES string of the molecule is CCNC(=NCc1nccn1CC(C)C)NC1CCN(c2ncccc2Cl)C1.I. The lowest BCUT2D eigenvalue weighted by atomic mass is 10.2. The van der Waals surface area contributed by atoms with Gasteiger partial charge in [0.05, 0.1) is 5.02 Å². The molecule has 2 aromatic rings. The van der Waals surface area contributed by atoms with Gasteiger partial charge in [-0.15, -0.1) is 24.0 Å². The van der Waals surface area contributed by atoms with Gasteiger partial charge in [-0.1, -0.05) is 25.4 Å². The van der Waals surface area contributed by atoms with Gasteiger partial charge in [0, 0.05) is 50.8 Å². The van der Waals surface area contributed by atoms with E-state index >= 15 is 0 Å². The highest BCUT2D eigenvalue weighted by Crippen LogP contribution is 2.25. The molecule has 9 heteroatoms. The predicted octanol–water partition coefficient (Wildman–Crippen LogP) is 3.54. The van der Waals surface area contributed by atoms with E-state index in [1.807, 2.05) is 24.5 Å². The average molecular weight is 532 g/mol. The molecule has 1 aliphatic heterocycles. The summed E-state index contributed by atoms with van der Waals surface area (Å²) in [5.74, 6) is 3.23. The normalized spacial score (nSPS) is 16.8. The number of aromatic nitrogens is 3. The molecule has 1 unspecified atom stereocenters. The highest BCUT2D eigenvalue weighted by Gasteiger charge is 2.25. The van der Waals surface area contributed by atoms with E-state index in [4.69, 9.17) is 16.6 Å². The van der Waals surface area contributed by atoms with E-state index in [0.29, 0.717) is 23.5 Å². The molecule has 0 spiro atoms. The number of pyridine rings is 1. The van der Waals surface area contributed by atoms with Crippen molar-refractivity contribution in [1.29, 1.82) is 0 Å². The Morgan fingerprint density at radius 1 is 1.34 bits per heavy atom. The Labute approximate surface area is 195 Å². The Morgan fingerprint density at radius 2 is 2.17 bits per heavy atom. The molecule has 1 atom stereocenters. The molecule has 3 heterocycles. The molecular weight excluding hydrogens is 501 g/mol. The second-order valence-corrected chi connectivity index (χ2v) is 7.88. The van der Waals surface area contributed by atoms with Gasteiger partial charge >= 0.3 is 0 Å². The molecule has 0 aromatic carbocycles. The van der Waals surface area contributed by atoms with Gasteiger partial charge in [-0.25, -0.2) is 15.0 Å². The van der Waals surface area contributed by atoms with Gasteiger partial charge in [0.2, 0.25) is 0 Å². The Kier molecular flexibility index (Phi) is 9.48. The molecule has 3 rings (SSSR count). The number of imidazole rings is 1. The summed E-state index contributed by atoms with van der Waals surface area (Å²) in [7, 11) is 0. The number of halogens is 2. The largest absolute Gasteiger partial charge is 0.357 e.